The number of allylic oxidation sites excluding steroid dienone is 1. The summed E-state index contributed by atoms with van der Waals surface area (Å²) in [7, 11) is -1.17. The minimum atomic E-state index is -1.17. The molecule has 0 aromatic heterocycles. The van der Waals surface area contributed by atoms with Crippen molar-refractivity contribution >= 4 is 20.6 Å². The van der Waals surface area contributed by atoms with E-state index in [0.29, 0.717) is 6.61 Å². The maximum atomic E-state index is 9.63. The number of halogens is 1. The summed E-state index contributed by atoms with van der Waals surface area (Å²) in [5, 5.41) is 14.0. The Labute approximate surface area is 171 Å². The first-order valence-electron chi connectivity index (χ1n) is 9.94. The number of rotatable bonds is 8. The second-order valence-electron chi connectivity index (χ2n) is 8.79. The average molecular weight is 411 g/mol. The van der Waals surface area contributed by atoms with Crippen LogP contribution >= 0.6 is 11.6 Å². The molecule has 4 nitrogen and oxygen atoms in total. The van der Waals surface area contributed by atoms with Crippen molar-refractivity contribution < 1.29 is 9.53 Å². The van der Waals surface area contributed by atoms with Crippen molar-refractivity contribution in [1.29, 1.82) is 0 Å². The van der Waals surface area contributed by atoms with Gasteiger partial charge in [0.05, 0.1) is 12.3 Å². The molecule has 0 radical (unpaired) electrons. The van der Waals surface area contributed by atoms with Crippen molar-refractivity contribution in [3.05, 3.63) is 40.7 Å². The van der Waals surface area contributed by atoms with Gasteiger partial charge in [-0.1, -0.05) is 57.8 Å². The zero-order chi connectivity index (χ0) is 20.2. The van der Waals surface area contributed by atoms with Gasteiger partial charge >= 0.3 is 0 Å². The van der Waals surface area contributed by atoms with Crippen LogP contribution in [0.25, 0.3) is 0 Å². The van der Waals surface area contributed by atoms with Gasteiger partial charge in [-0.2, -0.15) is 0 Å². The van der Waals surface area contributed by atoms with Crippen molar-refractivity contribution in [1.82, 2.24) is 10.2 Å². The largest absolute Gasteiger partial charge is 0.508 e. The van der Waals surface area contributed by atoms with Gasteiger partial charge in [-0.3, -0.25) is 0 Å². The fourth-order valence-electron chi connectivity index (χ4n) is 3.57. The second-order valence-corrected chi connectivity index (χ2v) is 11.6. The van der Waals surface area contributed by atoms with Gasteiger partial charge in [0.1, 0.15) is 16.6 Å². The van der Waals surface area contributed by atoms with Gasteiger partial charge in [-0.05, 0) is 43.6 Å². The zero-order valence-electron chi connectivity index (χ0n) is 17.6. The molecule has 2 rings (SSSR count). The normalized spacial score (nSPS) is 20.5. The van der Waals surface area contributed by atoms with E-state index in [1.54, 1.807) is 12.1 Å². The second kappa shape index (κ2) is 8.89. The predicted molar refractivity (Wildman–Crippen MR) is 116 cm³/mol. The van der Waals surface area contributed by atoms with Crippen LogP contribution in [0.15, 0.2) is 35.1 Å². The van der Waals surface area contributed by atoms with Gasteiger partial charge in [0, 0.05) is 12.0 Å². The maximum absolute atomic E-state index is 9.63. The molecule has 1 aromatic rings. The first-order valence-corrected chi connectivity index (χ1v) is 13.1. The molecule has 1 atom stereocenters. The highest BCUT2D eigenvalue weighted by molar-refractivity contribution is 6.48. The summed E-state index contributed by atoms with van der Waals surface area (Å²) in [6.07, 6.45) is 3.19. The van der Waals surface area contributed by atoms with E-state index in [-0.39, 0.29) is 16.8 Å². The lowest BCUT2D eigenvalue weighted by Gasteiger charge is -2.44. The monoisotopic (exact) mass is 410 g/mol. The molecule has 0 saturated carbocycles. The smallest absolute Gasteiger partial charge is 0.171 e. The molecular formula is C21H35ClN2O2Si. The van der Waals surface area contributed by atoms with E-state index in [4.69, 9.17) is 16.0 Å². The zero-order valence-corrected chi connectivity index (χ0v) is 19.5. The lowest BCUT2D eigenvalue weighted by atomic mass is 9.90. The van der Waals surface area contributed by atoms with Crippen LogP contribution in [0, 0.1) is 5.41 Å². The molecule has 0 bridgehead atoms. The summed E-state index contributed by atoms with van der Waals surface area (Å²) in [6.45, 7) is 14.6. The SMILES string of the molecule is CCCCC1(CO[SiH](C)C)NC(Cl)=C(C(C)(C)C)N1Cc1ccc(O)cc1. The molecule has 1 heterocycles. The highest BCUT2D eigenvalue weighted by Crippen LogP contribution is 2.43. The lowest BCUT2D eigenvalue weighted by molar-refractivity contribution is 0.0379. The van der Waals surface area contributed by atoms with Crippen LogP contribution in [0.4, 0.5) is 0 Å². The Morgan fingerprint density at radius 3 is 2.37 bits per heavy atom. The third kappa shape index (κ3) is 5.43. The molecule has 152 valence electrons. The number of unbranched alkanes of at least 4 members (excludes halogenated alkanes) is 1. The Morgan fingerprint density at radius 2 is 1.85 bits per heavy atom. The number of aromatic hydroxyl groups is 1. The van der Waals surface area contributed by atoms with Crippen molar-refractivity contribution in [3.63, 3.8) is 0 Å². The third-order valence-corrected chi connectivity index (χ3v) is 6.03. The van der Waals surface area contributed by atoms with Gasteiger partial charge in [0.2, 0.25) is 0 Å². The molecule has 0 saturated heterocycles. The first-order chi connectivity index (χ1) is 12.6. The van der Waals surface area contributed by atoms with Crippen LogP contribution in [-0.4, -0.2) is 31.3 Å². The Balaban J connectivity index is 2.44. The number of benzene rings is 1. The molecule has 1 aliphatic heterocycles. The van der Waals surface area contributed by atoms with Crippen LogP contribution in [0.5, 0.6) is 5.75 Å². The molecule has 0 aliphatic carbocycles. The highest BCUT2D eigenvalue weighted by Gasteiger charge is 2.47. The summed E-state index contributed by atoms with van der Waals surface area (Å²) in [5.74, 6) is 0.286. The number of phenols is 1. The van der Waals surface area contributed by atoms with Gasteiger partial charge in [0.25, 0.3) is 0 Å². The number of phenolic OH excluding ortho intramolecular Hbond substituents is 1. The third-order valence-electron chi connectivity index (χ3n) is 4.92. The minimum absolute atomic E-state index is 0.0930. The van der Waals surface area contributed by atoms with Crippen molar-refractivity contribution in [2.45, 2.75) is 72.3 Å². The van der Waals surface area contributed by atoms with Crippen molar-refractivity contribution in [2.24, 2.45) is 5.41 Å². The molecule has 2 N–H and O–H groups in total. The van der Waals surface area contributed by atoms with E-state index in [1.165, 1.54) is 0 Å². The van der Waals surface area contributed by atoms with Crippen LogP contribution in [0.3, 0.4) is 0 Å². The molecule has 0 spiro atoms. The van der Waals surface area contributed by atoms with Gasteiger partial charge < -0.3 is 19.7 Å². The molecule has 27 heavy (non-hydrogen) atoms. The van der Waals surface area contributed by atoms with Crippen LogP contribution in [-0.2, 0) is 11.0 Å². The predicted octanol–water partition coefficient (Wildman–Crippen LogP) is 5.14. The summed E-state index contributed by atoms with van der Waals surface area (Å²) in [6, 6.07) is 7.44. The number of hydrogen-bond donors (Lipinski definition) is 2. The summed E-state index contributed by atoms with van der Waals surface area (Å²) in [4.78, 5) is 2.41. The van der Waals surface area contributed by atoms with Crippen LogP contribution in [0.2, 0.25) is 13.1 Å². The van der Waals surface area contributed by atoms with Crippen LogP contribution < -0.4 is 5.32 Å². The minimum Gasteiger partial charge on any atom is -0.508 e. The van der Waals surface area contributed by atoms with E-state index in [1.807, 2.05) is 12.1 Å². The molecule has 1 aliphatic rings. The van der Waals surface area contributed by atoms with Gasteiger partial charge in [-0.15, -0.1) is 0 Å². The van der Waals surface area contributed by atoms with Gasteiger partial charge in [-0.25, -0.2) is 0 Å². The fourth-order valence-corrected chi connectivity index (χ4v) is 4.74. The summed E-state index contributed by atoms with van der Waals surface area (Å²) < 4.78 is 6.23. The molecule has 6 heteroatoms. The van der Waals surface area contributed by atoms with Crippen LogP contribution in [0.1, 0.15) is 52.5 Å². The summed E-state index contributed by atoms with van der Waals surface area (Å²) in [5.41, 5.74) is 1.85. The lowest BCUT2D eigenvalue weighted by Crippen LogP contribution is -2.57. The maximum Gasteiger partial charge on any atom is 0.171 e. The molecule has 1 aromatic carbocycles. The molecule has 1 unspecified atom stereocenters. The van der Waals surface area contributed by atoms with E-state index < -0.39 is 9.04 Å². The Hall–Kier alpha value is -1.17. The number of hydrogen-bond acceptors (Lipinski definition) is 4. The van der Waals surface area contributed by atoms with Gasteiger partial charge in [0.15, 0.2) is 9.04 Å². The molecular weight excluding hydrogens is 376 g/mol. The van der Waals surface area contributed by atoms with E-state index in [0.717, 1.165) is 42.2 Å². The van der Waals surface area contributed by atoms with Crippen molar-refractivity contribution in [2.75, 3.05) is 6.61 Å². The first kappa shape index (κ1) is 22.1. The van der Waals surface area contributed by atoms with E-state index in [2.05, 4.69) is 51.0 Å². The number of nitrogens with one attached hydrogen (secondary N) is 1. The Bertz CT molecular complexity index is 655. The standard InChI is InChI=1S/C21H35ClN2O2Si/c1-7-8-13-21(15-26-27(5)6)23-19(22)18(20(2,3)4)24(21)14-16-9-11-17(25)12-10-16/h9-12,23,25,27H,7-8,13-15H2,1-6H3. The highest BCUT2D eigenvalue weighted by atomic mass is 35.5. The average Bonchev–Trinajstić information content (AvgIpc) is 2.85. The quantitative estimate of drug-likeness (QED) is 0.460. The summed E-state index contributed by atoms with van der Waals surface area (Å²) >= 11 is 6.77. The Morgan fingerprint density at radius 1 is 1.22 bits per heavy atom. The molecule has 0 amide bonds. The number of nitrogens with zero attached hydrogens (tertiary/aromatic N) is 1. The Kier molecular flexibility index (Phi) is 7.28. The fraction of sp³-hybridized carbons (Fsp3) is 0.619. The van der Waals surface area contributed by atoms with E-state index >= 15 is 0 Å². The van der Waals surface area contributed by atoms with Crippen molar-refractivity contribution in [3.8, 4) is 5.75 Å². The van der Waals surface area contributed by atoms with E-state index in [9.17, 15) is 5.11 Å². The topological polar surface area (TPSA) is 44.7 Å². The molecule has 0 fully saturated rings.